The molecule has 5 heteroatoms. The molecule has 118 valence electrons. The molecule has 0 aliphatic carbocycles. The van der Waals surface area contributed by atoms with Crippen LogP contribution < -0.4 is 10.2 Å². The zero-order valence-electron chi connectivity index (χ0n) is 13.0. The summed E-state index contributed by atoms with van der Waals surface area (Å²) in [6.45, 7) is 3.84. The van der Waals surface area contributed by atoms with Gasteiger partial charge in [0, 0.05) is 10.7 Å². The number of nitrogens with one attached hydrogen (secondary N) is 1. The average Bonchev–Trinajstić information content (AvgIpc) is 2.76. The lowest BCUT2D eigenvalue weighted by Crippen LogP contribution is -2.35. The molecule has 1 heterocycles. The van der Waals surface area contributed by atoms with Crippen LogP contribution in [-0.2, 0) is 9.59 Å². The molecule has 2 aromatic carbocycles. The molecule has 1 aliphatic heterocycles. The minimum Gasteiger partial charge on any atom is -0.373 e. The van der Waals surface area contributed by atoms with Crippen LogP contribution in [0.2, 0.25) is 5.02 Å². The van der Waals surface area contributed by atoms with Crippen LogP contribution in [-0.4, -0.2) is 17.9 Å². The summed E-state index contributed by atoms with van der Waals surface area (Å²) in [6.07, 6.45) is 0.138. The Hall–Kier alpha value is -2.33. The highest BCUT2D eigenvalue weighted by Crippen LogP contribution is 2.29. The lowest BCUT2D eigenvalue weighted by atomic mass is 10.1. The predicted molar refractivity (Wildman–Crippen MR) is 91.9 cm³/mol. The molecule has 0 bridgehead atoms. The second-order valence-corrected chi connectivity index (χ2v) is 6.21. The average molecular weight is 329 g/mol. The molecule has 23 heavy (non-hydrogen) atoms. The fourth-order valence-electron chi connectivity index (χ4n) is 2.74. The summed E-state index contributed by atoms with van der Waals surface area (Å²) >= 11 is 5.96. The number of amides is 2. The Morgan fingerprint density at radius 2 is 1.91 bits per heavy atom. The number of carbonyl (C=O) groups is 2. The smallest absolute Gasteiger partial charge is 0.256 e. The molecule has 1 atom stereocenters. The Morgan fingerprint density at radius 1 is 1.13 bits per heavy atom. The Balaban J connectivity index is 1.87. The van der Waals surface area contributed by atoms with Crippen LogP contribution in [0, 0.1) is 13.8 Å². The first kappa shape index (κ1) is 15.6. The van der Waals surface area contributed by atoms with Crippen LogP contribution >= 0.6 is 11.6 Å². The molecule has 0 unspecified atom stereocenters. The fraction of sp³-hybridized carbons (Fsp3) is 0.222. The SMILES string of the molecule is Cc1ccc(C)c(N2C(=O)C[C@@H](Nc3cccc(Cl)c3)C2=O)c1. The van der Waals surface area contributed by atoms with Crippen LogP contribution in [0.1, 0.15) is 17.5 Å². The topological polar surface area (TPSA) is 49.4 Å². The minimum absolute atomic E-state index is 0.138. The molecule has 2 amide bonds. The summed E-state index contributed by atoms with van der Waals surface area (Å²) in [6, 6.07) is 12.3. The van der Waals surface area contributed by atoms with Crippen molar-refractivity contribution in [1.82, 2.24) is 0 Å². The van der Waals surface area contributed by atoms with Gasteiger partial charge in [0.15, 0.2) is 0 Å². The highest BCUT2D eigenvalue weighted by molar-refractivity contribution is 6.30. The van der Waals surface area contributed by atoms with Crippen molar-refractivity contribution in [2.45, 2.75) is 26.3 Å². The molecule has 1 aliphatic rings. The maximum Gasteiger partial charge on any atom is 0.256 e. The molecular weight excluding hydrogens is 312 g/mol. The Morgan fingerprint density at radius 3 is 2.65 bits per heavy atom. The zero-order chi connectivity index (χ0) is 16.6. The van der Waals surface area contributed by atoms with Gasteiger partial charge in [0.25, 0.3) is 5.91 Å². The number of benzene rings is 2. The number of nitrogens with zero attached hydrogens (tertiary/aromatic N) is 1. The van der Waals surface area contributed by atoms with Crippen molar-refractivity contribution in [3.05, 3.63) is 58.6 Å². The summed E-state index contributed by atoms with van der Waals surface area (Å²) in [4.78, 5) is 26.3. The van der Waals surface area contributed by atoms with Crippen molar-refractivity contribution >= 4 is 34.8 Å². The third kappa shape index (κ3) is 3.08. The number of carbonyl (C=O) groups excluding carboxylic acids is 2. The van der Waals surface area contributed by atoms with Gasteiger partial charge in [-0.25, -0.2) is 4.90 Å². The van der Waals surface area contributed by atoms with Crippen molar-refractivity contribution in [3.8, 4) is 0 Å². The molecule has 0 radical (unpaired) electrons. The molecule has 0 saturated carbocycles. The maximum absolute atomic E-state index is 12.7. The van der Waals surface area contributed by atoms with E-state index in [1.54, 1.807) is 18.2 Å². The number of halogens is 1. The van der Waals surface area contributed by atoms with Crippen LogP contribution in [0.3, 0.4) is 0 Å². The molecule has 1 N–H and O–H groups in total. The molecule has 1 fully saturated rings. The van der Waals surface area contributed by atoms with E-state index in [1.807, 2.05) is 38.1 Å². The zero-order valence-corrected chi connectivity index (χ0v) is 13.7. The Labute approximate surface area is 140 Å². The lowest BCUT2D eigenvalue weighted by Gasteiger charge is -2.18. The van der Waals surface area contributed by atoms with E-state index < -0.39 is 6.04 Å². The summed E-state index contributed by atoms with van der Waals surface area (Å²) < 4.78 is 0. The number of anilines is 2. The van der Waals surface area contributed by atoms with E-state index in [0.717, 1.165) is 16.8 Å². The highest BCUT2D eigenvalue weighted by atomic mass is 35.5. The van der Waals surface area contributed by atoms with E-state index in [4.69, 9.17) is 11.6 Å². The van der Waals surface area contributed by atoms with Crippen molar-refractivity contribution in [1.29, 1.82) is 0 Å². The summed E-state index contributed by atoms with van der Waals surface area (Å²) in [5.74, 6) is -0.424. The highest BCUT2D eigenvalue weighted by Gasteiger charge is 2.40. The number of hydrogen-bond donors (Lipinski definition) is 1. The van der Waals surface area contributed by atoms with Crippen molar-refractivity contribution in [2.24, 2.45) is 0 Å². The van der Waals surface area contributed by atoms with Gasteiger partial charge in [-0.05, 0) is 49.2 Å². The molecule has 1 saturated heterocycles. The van der Waals surface area contributed by atoms with Gasteiger partial charge in [-0.1, -0.05) is 29.8 Å². The molecule has 0 spiro atoms. The van der Waals surface area contributed by atoms with Gasteiger partial charge < -0.3 is 5.32 Å². The fourth-order valence-corrected chi connectivity index (χ4v) is 2.93. The second kappa shape index (κ2) is 6.05. The number of rotatable bonds is 3. The van der Waals surface area contributed by atoms with Gasteiger partial charge in [-0.15, -0.1) is 0 Å². The summed E-state index contributed by atoms with van der Waals surface area (Å²) in [5.41, 5.74) is 3.31. The quantitative estimate of drug-likeness (QED) is 0.874. The predicted octanol–water partition coefficient (Wildman–Crippen LogP) is 3.70. The third-order valence-electron chi connectivity index (χ3n) is 3.92. The monoisotopic (exact) mass is 328 g/mol. The molecule has 2 aromatic rings. The first-order valence-corrected chi connectivity index (χ1v) is 7.79. The summed E-state index contributed by atoms with van der Waals surface area (Å²) in [5, 5.41) is 3.68. The van der Waals surface area contributed by atoms with Gasteiger partial charge in [0.1, 0.15) is 6.04 Å². The summed E-state index contributed by atoms with van der Waals surface area (Å²) in [7, 11) is 0. The van der Waals surface area contributed by atoms with E-state index in [1.165, 1.54) is 4.90 Å². The largest absolute Gasteiger partial charge is 0.373 e. The van der Waals surface area contributed by atoms with Crippen molar-refractivity contribution < 1.29 is 9.59 Å². The minimum atomic E-state index is -0.569. The first-order valence-electron chi connectivity index (χ1n) is 7.42. The Bertz CT molecular complexity index is 788. The molecule has 3 rings (SSSR count). The van der Waals surface area contributed by atoms with E-state index >= 15 is 0 Å². The van der Waals surface area contributed by atoms with Crippen LogP contribution in [0.15, 0.2) is 42.5 Å². The standard InChI is InChI=1S/C18H17ClN2O2/c1-11-6-7-12(2)16(8-11)21-17(22)10-15(18(21)23)20-14-5-3-4-13(19)9-14/h3-9,15,20H,10H2,1-2H3/t15-/m1/s1. The number of aryl methyl sites for hydroxylation is 2. The van der Waals surface area contributed by atoms with E-state index in [0.29, 0.717) is 10.7 Å². The van der Waals surface area contributed by atoms with Gasteiger partial charge >= 0.3 is 0 Å². The van der Waals surface area contributed by atoms with Gasteiger partial charge in [0.2, 0.25) is 5.91 Å². The Kier molecular flexibility index (Phi) is 4.09. The van der Waals surface area contributed by atoms with E-state index in [9.17, 15) is 9.59 Å². The van der Waals surface area contributed by atoms with E-state index in [2.05, 4.69) is 5.32 Å². The van der Waals surface area contributed by atoms with Crippen LogP contribution in [0.5, 0.6) is 0 Å². The molecule has 4 nitrogen and oxygen atoms in total. The van der Waals surface area contributed by atoms with E-state index in [-0.39, 0.29) is 18.2 Å². The number of hydrogen-bond acceptors (Lipinski definition) is 3. The van der Waals surface area contributed by atoms with Crippen molar-refractivity contribution in [3.63, 3.8) is 0 Å². The second-order valence-electron chi connectivity index (χ2n) is 5.77. The third-order valence-corrected chi connectivity index (χ3v) is 4.15. The van der Waals surface area contributed by atoms with Crippen molar-refractivity contribution in [2.75, 3.05) is 10.2 Å². The normalized spacial score (nSPS) is 17.7. The van der Waals surface area contributed by atoms with Crippen LogP contribution in [0.25, 0.3) is 0 Å². The van der Waals surface area contributed by atoms with Gasteiger partial charge in [-0.2, -0.15) is 0 Å². The lowest BCUT2D eigenvalue weighted by molar-refractivity contribution is -0.121. The first-order chi connectivity index (χ1) is 11.0. The number of imide groups is 1. The van der Waals surface area contributed by atoms with Crippen LogP contribution in [0.4, 0.5) is 11.4 Å². The molecular formula is C18H17ClN2O2. The van der Waals surface area contributed by atoms with Gasteiger partial charge in [-0.3, -0.25) is 9.59 Å². The van der Waals surface area contributed by atoms with Gasteiger partial charge in [0.05, 0.1) is 12.1 Å². The molecule has 0 aromatic heterocycles. The maximum atomic E-state index is 12.7.